The number of benzene rings is 4. The Kier molecular flexibility index (Phi) is 21.8. The summed E-state index contributed by atoms with van der Waals surface area (Å²) in [6.07, 6.45) is 4.05. The van der Waals surface area contributed by atoms with E-state index in [4.69, 9.17) is 37.9 Å². The Hall–Kier alpha value is -5.01. The molecule has 12 nitrogen and oxygen atoms in total. The van der Waals surface area contributed by atoms with Crippen LogP contribution < -0.4 is 67.5 Å². The van der Waals surface area contributed by atoms with Crippen LogP contribution in [0.25, 0.3) is 6.08 Å². The molecule has 0 aliphatic heterocycles. The summed E-state index contributed by atoms with van der Waals surface area (Å²) in [6.45, 7) is 1.49. The van der Waals surface area contributed by atoms with Crippen molar-refractivity contribution in [2.75, 3.05) is 56.9 Å². The zero-order valence-corrected chi connectivity index (χ0v) is 32.6. The quantitative estimate of drug-likeness (QED) is 0.0855. The number of allylic oxidation sites excluding steroid dienone is 1. The van der Waals surface area contributed by atoms with Crippen molar-refractivity contribution < 1.29 is 87.3 Å². The third-order valence-corrected chi connectivity index (χ3v) is 6.82. The molecule has 4 aromatic carbocycles. The Balaban J connectivity index is 0.000000793. The molecule has 1 N–H and O–H groups in total. The maximum absolute atomic E-state index is 12.4. The second-order valence-electron chi connectivity index (χ2n) is 9.75. The van der Waals surface area contributed by atoms with Gasteiger partial charge in [-0.15, -0.1) is 0 Å². The molecule has 51 heavy (non-hydrogen) atoms. The van der Waals surface area contributed by atoms with Gasteiger partial charge in [-0.1, -0.05) is 18.2 Å². The van der Waals surface area contributed by atoms with Gasteiger partial charge in [-0.05, 0) is 79.2 Å². The van der Waals surface area contributed by atoms with E-state index in [2.05, 4.69) is 0 Å². The van der Waals surface area contributed by atoms with E-state index < -0.39 is 0 Å². The fraction of sp³-hybridized carbons (Fsp3) is 0.237. The molecule has 0 aromatic heterocycles. The summed E-state index contributed by atoms with van der Waals surface area (Å²) in [5, 5.41) is 0. The summed E-state index contributed by atoms with van der Waals surface area (Å²) in [5.74, 6) is 4.13. The molecule has 13 heteroatoms. The van der Waals surface area contributed by atoms with Gasteiger partial charge in [0.1, 0.15) is 17.8 Å². The van der Waals surface area contributed by atoms with E-state index in [0.29, 0.717) is 51.2 Å². The number of ketones is 2. The SMILES string of the molecule is COc1cc(C(C)=O)cc(OC)c1OC.COc1ccc(/C=C/C(=O)c2cc(OC)c(OC)c(OC)c2)cc1.COc1ccc(C=O)cc1.[Na+].[OH-]. The molecule has 0 heterocycles. The van der Waals surface area contributed by atoms with Crippen LogP contribution in [0.5, 0.6) is 46.0 Å². The number of methoxy groups -OCH3 is 8. The number of carbonyl (C=O) groups excluding carboxylic acids is 3. The van der Waals surface area contributed by atoms with Crippen LogP contribution in [0.15, 0.2) is 78.9 Å². The summed E-state index contributed by atoms with van der Waals surface area (Å²) in [4.78, 5) is 33.8. The van der Waals surface area contributed by atoms with Gasteiger partial charge in [-0.25, -0.2) is 0 Å². The number of ether oxygens (including phenoxy) is 8. The van der Waals surface area contributed by atoms with Gasteiger partial charge >= 0.3 is 29.6 Å². The zero-order valence-electron chi connectivity index (χ0n) is 30.6. The van der Waals surface area contributed by atoms with Crippen LogP contribution >= 0.6 is 0 Å². The van der Waals surface area contributed by atoms with Crippen molar-refractivity contribution in [3.63, 3.8) is 0 Å². The first-order valence-corrected chi connectivity index (χ1v) is 14.7. The normalized spacial score (nSPS) is 9.51. The maximum atomic E-state index is 12.4. The van der Waals surface area contributed by atoms with Gasteiger partial charge in [0, 0.05) is 16.7 Å². The summed E-state index contributed by atoms with van der Waals surface area (Å²) < 4.78 is 41.1. The van der Waals surface area contributed by atoms with Gasteiger partial charge in [0.15, 0.2) is 34.6 Å². The minimum Gasteiger partial charge on any atom is -0.870 e. The largest absolute Gasteiger partial charge is 1.00 e. The number of carbonyl (C=O) groups is 3. The monoisotopic (exact) mass is 714 g/mol. The number of hydrogen-bond acceptors (Lipinski definition) is 12. The molecule has 0 atom stereocenters. The second-order valence-corrected chi connectivity index (χ2v) is 9.75. The first-order valence-electron chi connectivity index (χ1n) is 14.7. The van der Waals surface area contributed by atoms with Crippen LogP contribution in [0, 0.1) is 0 Å². The molecule has 0 unspecified atom stereocenters. The summed E-state index contributed by atoms with van der Waals surface area (Å²) in [7, 11) is 12.3. The van der Waals surface area contributed by atoms with E-state index in [0.717, 1.165) is 23.3 Å². The van der Waals surface area contributed by atoms with E-state index in [9.17, 15) is 14.4 Å². The van der Waals surface area contributed by atoms with Gasteiger partial charge in [0.25, 0.3) is 0 Å². The predicted octanol–water partition coefficient (Wildman–Crippen LogP) is 3.87. The Morgan fingerprint density at radius 2 is 0.863 bits per heavy atom. The Bertz CT molecular complexity index is 1650. The van der Waals surface area contributed by atoms with Crippen LogP contribution in [-0.2, 0) is 0 Å². The van der Waals surface area contributed by atoms with Gasteiger partial charge in [0.05, 0.1) is 56.9 Å². The average molecular weight is 715 g/mol. The fourth-order valence-electron chi connectivity index (χ4n) is 4.17. The van der Waals surface area contributed by atoms with Crippen molar-refractivity contribution in [2.24, 2.45) is 0 Å². The van der Waals surface area contributed by atoms with Crippen molar-refractivity contribution in [1.82, 2.24) is 0 Å². The van der Waals surface area contributed by atoms with Gasteiger partial charge < -0.3 is 43.4 Å². The second kappa shape index (κ2) is 24.2. The number of aldehydes is 1. The minimum atomic E-state index is -0.162. The van der Waals surface area contributed by atoms with E-state index in [-0.39, 0.29) is 46.6 Å². The molecule has 0 radical (unpaired) electrons. The molecule has 0 aliphatic rings. The predicted molar refractivity (Wildman–Crippen MR) is 189 cm³/mol. The van der Waals surface area contributed by atoms with Crippen molar-refractivity contribution in [3.05, 3.63) is 101 Å². The minimum absolute atomic E-state index is 0. The molecule has 4 aromatic rings. The number of rotatable bonds is 13. The van der Waals surface area contributed by atoms with Crippen LogP contribution in [0.2, 0.25) is 0 Å². The molecular formula is C38H43NaO12. The molecule has 0 saturated carbocycles. The Morgan fingerprint density at radius 3 is 1.16 bits per heavy atom. The number of hydrogen-bond donors (Lipinski definition) is 0. The molecule has 268 valence electrons. The Labute approximate surface area is 320 Å². The fourth-order valence-corrected chi connectivity index (χ4v) is 4.17. The molecule has 0 spiro atoms. The average Bonchev–Trinajstić information content (AvgIpc) is 3.16. The van der Waals surface area contributed by atoms with Crippen molar-refractivity contribution in [2.45, 2.75) is 6.92 Å². The topological polar surface area (TPSA) is 155 Å². The number of Topliss-reactive ketones (excluding diaryl/α,β-unsaturated/α-hetero) is 1. The van der Waals surface area contributed by atoms with Crippen molar-refractivity contribution in [3.8, 4) is 46.0 Å². The molecule has 4 rings (SSSR count). The van der Waals surface area contributed by atoms with Crippen LogP contribution in [0.4, 0.5) is 0 Å². The van der Waals surface area contributed by atoms with Crippen LogP contribution in [0.1, 0.15) is 43.6 Å². The van der Waals surface area contributed by atoms with Crippen LogP contribution in [-0.4, -0.2) is 80.2 Å². The third-order valence-electron chi connectivity index (χ3n) is 6.82. The molecular weight excluding hydrogens is 671 g/mol. The summed E-state index contributed by atoms with van der Waals surface area (Å²) in [5.41, 5.74) is 2.55. The Morgan fingerprint density at radius 1 is 0.510 bits per heavy atom. The van der Waals surface area contributed by atoms with Crippen molar-refractivity contribution >= 4 is 23.9 Å². The van der Waals surface area contributed by atoms with E-state index >= 15 is 0 Å². The first kappa shape index (κ1) is 46.0. The molecule has 0 aliphatic carbocycles. The maximum Gasteiger partial charge on any atom is 1.00 e. The standard InChI is InChI=1S/C19H20O5.C11H14O4.C8H8O2.Na.H2O/c1-21-15-8-5-13(6-9-15)7-10-16(20)14-11-17(22-2)19(24-4)18(12-14)23-3;1-7(12)8-5-9(13-2)11(15-4)10(6-8)14-3;1-10-8-4-2-7(6-9)3-5-8;;/h5-12H,1-4H3;5-6H,1-4H3;2-6H,1H3;;1H2/q;;;+1;/p-1/b10-7+;;;;. The summed E-state index contributed by atoms with van der Waals surface area (Å²) >= 11 is 0. The third kappa shape index (κ3) is 13.7. The van der Waals surface area contributed by atoms with E-state index in [1.54, 1.807) is 68.8 Å². The van der Waals surface area contributed by atoms with E-state index in [1.165, 1.54) is 55.7 Å². The van der Waals surface area contributed by atoms with Gasteiger partial charge in [-0.2, -0.15) is 0 Å². The smallest absolute Gasteiger partial charge is 0.870 e. The summed E-state index contributed by atoms with van der Waals surface area (Å²) in [6, 6.07) is 20.9. The zero-order chi connectivity index (χ0) is 36.3. The first-order chi connectivity index (χ1) is 23.6. The molecule has 0 amide bonds. The molecule has 0 saturated heterocycles. The van der Waals surface area contributed by atoms with Gasteiger partial charge in [-0.3, -0.25) is 14.4 Å². The molecule has 0 fully saturated rings. The van der Waals surface area contributed by atoms with Crippen LogP contribution in [0.3, 0.4) is 0 Å². The molecule has 0 bridgehead atoms. The van der Waals surface area contributed by atoms with E-state index in [1.807, 2.05) is 24.3 Å². The van der Waals surface area contributed by atoms with Gasteiger partial charge in [0.2, 0.25) is 11.5 Å². The van der Waals surface area contributed by atoms with Crippen molar-refractivity contribution in [1.29, 1.82) is 0 Å².